The van der Waals surface area contributed by atoms with Crippen LogP contribution in [-0.4, -0.2) is 48.4 Å². The zero-order valence-electron chi connectivity index (χ0n) is 15.6. The second-order valence-corrected chi connectivity index (χ2v) is 7.60. The smallest absolute Gasteiger partial charge is 0.185 e. The fourth-order valence-corrected chi connectivity index (χ4v) is 4.18. The van der Waals surface area contributed by atoms with Crippen molar-refractivity contribution in [1.29, 1.82) is 0 Å². The fourth-order valence-electron chi connectivity index (χ4n) is 4.18. The number of nitrogens with zero attached hydrogens (tertiary/aromatic N) is 2. The van der Waals surface area contributed by atoms with E-state index in [1.54, 1.807) is 0 Å². The maximum absolute atomic E-state index is 11.9. The van der Waals surface area contributed by atoms with Gasteiger partial charge in [0.25, 0.3) is 0 Å². The zero-order chi connectivity index (χ0) is 18.1. The standard InChI is InChI=1S/C21H28N2O3/c1-22(2)10-5-9-21(24)18-7-4-3-6-16(18)8-11-23-15-17(14-19(21)23)20-25-12-13-26-20/h3-4,6-7,14-15,20,24H,5,8-13H2,1-2H3. The summed E-state index contributed by atoms with van der Waals surface area (Å²) < 4.78 is 13.5. The molecule has 0 radical (unpaired) electrons. The van der Waals surface area contributed by atoms with E-state index in [2.05, 4.69) is 54.0 Å². The van der Waals surface area contributed by atoms with Gasteiger partial charge in [-0.15, -0.1) is 0 Å². The summed E-state index contributed by atoms with van der Waals surface area (Å²) in [6.45, 7) is 3.06. The van der Waals surface area contributed by atoms with Crippen molar-refractivity contribution in [3.63, 3.8) is 0 Å². The second kappa shape index (κ2) is 7.16. The number of ether oxygens (including phenoxy) is 2. The zero-order valence-corrected chi connectivity index (χ0v) is 15.6. The molecule has 2 aliphatic heterocycles. The molecule has 1 atom stereocenters. The van der Waals surface area contributed by atoms with E-state index in [1.807, 2.05) is 6.07 Å². The molecule has 2 aliphatic rings. The van der Waals surface area contributed by atoms with Gasteiger partial charge in [-0.3, -0.25) is 0 Å². The summed E-state index contributed by atoms with van der Waals surface area (Å²) in [5.74, 6) is 0. The lowest BCUT2D eigenvalue weighted by Gasteiger charge is -2.30. The van der Waals surface area contributed by atoms with Crippen LogP contribution in [0.3, 0.4) is 0 Å². The van der Waals surface area contributed by atoms with Crippen LogP contribution in [0.15, 0.2) is 36.5 Å². The van der Waals surface area contributed by atoms with E-state index < -0.39 is 5.60 Å². The van der Waals surface area contributed by atoms with Crippen LogP contribution in [0.25, 0.3) is 0 Å². The van der Waals surface area contributed by atoms with Gasteiger partial charge in [0.05, 0.1) is 18.9 Å². The highest BCUT2D eigenvalue weighted by Gasteiger charge is 2.38. The van der Waals surface area contributed by atoms with Crippen LogP contribution >= 0.6 is 0 Å². The van der Waals surface area contributed by atoms with Gasteiger partial charge in [-0.2, -0.15) is 0 Å². The molecule has 1 unspecified atom stereocenters. The maximum Gasteiger partial charge on any atom is 0.185 e. The first-order valence-electron chi connectivity index (χ1n) is 9.47. The van der Waals surface area contributed by atoms with E-state index in [0.717, 1.165) is 42.8 Å². The molecule has 0 aliphatic carbocycles. The van der Waals surface area contributed by atoms with E-state index in [0.29, 0.717) is 19.6 Å². The van der Waals surface area contributed by atoms with Crippen molar-refractivity contribution >= 4 is 0 Å². The molecule has 140 valence electrons. The first-order valence-corrected chi connectivity index (χ1v) is 9.47. The molecule has 1 saturated heterocycles. The van der Waals surface area contributed by atoms with Crippen LogP contribution in [-0.2, 0) is 28.0 Å². The van der Waals surface area contributed by atoms with E-state index in [-0.39, 0.29) is 6.29 Å². The lowest BCUT2D eigenvalue weighted by molar-refractivity contribution is -0.0441. The highest BCUT2D eigenvalue weighted by molar-refractivity contribution is 5.42. The third-order valence-electron chi connectivity index (χ3n) is 5.46. The van der Waals surface area contributed by atoms with Gasteiger partial charge in [-0.25, -0.2) is 0 Å². The lowest BCUT2D eigenvalue weighted by Crippen LogP contribution is -2.31. The Hall–Kier alpha value is -1.66. The number of hydrogen-bond donors (Lipinski definition) is 1. The molecule has 4 rings (SSSR count). The predicted molar refractivity (Wildman–Crippen MR) is 100 cm³/mol. The van der Waals surface area contributed by atoms with Crippen molar-refractivity contribution < 1.29 is 14.6 Å². The van der Waals surface area contributed by atoms with Crippen LogP contribution in [0, 0.1) is 0 Å². The van der Waals surface area contributed by atoms with E-state index in [4.69, 9.17) is 9.47 Å². The molecule has 0 spiro atoms. The molecule has 1 aromatic carbocycles. The third kappa shape index (κ3) is 3.21. The summed E-state index contributed by atoms with van der Waals surface area (Å²) >= 11 is 0. The van der Waals surface area contributed by atoms with Gasteiger partial charge < -0.3 is 24.0 Å². The average molecular weight is 356 g/mol. The first-order chi connectivity index (χ1) is 12.6. The van der Waals surface area contributed by atoms with Crippen LogP contribution in [0.1, 0.15) is 41.5 Å². The number of aromatic nitrogens is 1. The Morgan fingerprint density at radius 3 is 2.77 bits per heavy atom. The largest absolute Gasteiger partial charge is 0.379 e. The Labute approximate surface area is 155 Å². The quantitative estimate of drug-likeness (QED) is 0.895. The lowest BCUT2D eigenvalue weighted by atomic mass is 9.83. The minimum Gasteiger partial charge on any atom is -0.379 e. The molecule has 0 amide bonds. The highest BCUT2D eigenvalue weighted by Crippen LogP contribution is 2.41. The van der Waals surface area contributed by atoms with Crippen LogP contribution in [0.5, 0.6) is 0 Å². The van der Waals surface area contributed by atoms with Crippen LogP contribution in [0.4, 0.5) is 0 Å². The Bertz CT molecular complexity index is 764. The molecule has 0 bridgehead atoms. The molecule has 5 nitrogen and oxygen atoms in total. The summed E-state index contributed by atoms with van der Waals surface area (Å²) in [7, 11) is 4.14. The fraction of sp³-hybridized carbons (Fsp3) is 0.524. The van der Waals surface area contributed by atoms with Crippen molar-refractivity contribution in [1.82, 2.24) is 9.47 Å². The summed E-state index contributed by atoms with van der Waals surface area (Å²) in [5, 5.41) is 11.9. The van der Waals surface area contributed by atoms with Gasteiger partial charge in [0.2, 0.25) is 0 Å². The summed E-state index contributed by atoms with van der Waals surface area (Å²) in [6, 6.07) is 10.4. The molecule has 1 fully saturated rings. The van der Waals surface area contributed by atoms with Crippen molar-refractivity contribution in [2.75, 3.05) is 33.9 Å². The normalized spacial score (nSPS) is 23.1. The molecule has 1 aromatic heterocycles. The average Bonchev–Trinajstić information content (AvgIpc) is 3.27. The maximum atomic E-state index is 11.9. The van der Waals surface area contributed by atoms with E-state index in [9.17, 15) is 5.11 Å². The molecule has 1 N–H and O–H groups in total. The number of rotatable bonds is 5. The number of aryl methyl sites for hydroxylation is 2. The molecular weight excluding hydrogens is 328 g/mol. The Morgan fingerprint density at radius 1 is 1.23 bits per heavy atom. The van der Waals surface area contributed by atoms with Crippen molar-refractivity contribution in [3.05, 3.63) is 58.9 Å². The van der Waals surface area contributed by atoms with Crippen molar-refractivity contribution in [2.45, 2.75) is 37.7 Å². The Kier molecular flexibility index (Phi) is 4.88. The van der Waals surface area contributed by atoms with Crippen LogP contribution < -0.4 is 0 Å². The molecule has 2 aromatic rings. The van der Waals surface area contributed by atoms with Gasteiger partial charge in [-0.1, -0.05) is 24.3 Å². The van der Waals surface area contributed by atoms with Crippen molar-refractivity contribution in [3.8, 4) is 0 Å². The van der Waals surface area contributed by atoms with Gasteiger partial charge >= 0.3 is 0 Å². The minimum absolute atomic E-state index is 0.310. The summed E-state index contributed by atoms with van der Waals surface area (Å²) in [5.41, 5.74) is 3.24. The monoisotopic (exact) mass is 356 g/mol. The summed E-state index contributed by atoms with van der Waals surface area (Å²) in [4.78, 5) is 2.16. The Morgan fingerprint density at radius 2 is 2.00 bits per heavy atom. The van der Waals surface area contributed by atoms with Gasteiger partial charge in [0.1, 0.15) is 5.60 Å². The summed E-state index contributed by atoms with van der Waals surface area (Å²) in [6.07, 6.45) is 4.32. The number of aliphatic hydroxyl groups is 1. The molecule has 26 heavy (non-hydrogen) atoms. The van der Waals surface area contributed by atoms with Crippen LogP contribution in [0.2, 0.25) is 0 Å². The second-order valence-electron chi connectivity index (χ2n) is 7.60. The predicted octanol–water partition coefficient (Wildman–Crippen LogP) is 2.67. The van der Waals surface area contributed by atoms with E-state index >= 15 is 0 Å². The van der Waals surface area contributed by atoms with Crippen molar-refractivity contribution in [2.24, 2.45) is 0 Å². The molecule has 5 heteroatoms. The first kappa shape index (κ1) is 17.7. The molecular formula is C21H28N2O3. The highest BCUT2D eigenvalue weighted by atomic mass is 16.7. The van der Waals surface area contributed by atoms with E-state index in [1.165, 1.54) is 5.56 Å². The topological polar surface area (TPSA) is 46.9 Å². The molecule has 0 saturated carbocycles. The van der Waals surface area contributed by atoms with Gasteiger partial charge in [0, 0.05) is 18.3 Å². The Balaban J connectivity index is 1.74. The number of hydrogen-bond acceptors (Lipinski definition) is 4. The number of fused-ring (bicyclic) bond motifs is 2. The SMILES string of the molecule is CN(C)CCCC1(O)c2ccccc2CCn2cc(C3OCCO3)cc21. The van der Waals surface area contributed by atoms with Gasteiger partial charge in [-0.05, 0) is 57.1 Å². The number of benzene rings is 1. The van der Waals surface area contributed by atoms with Gasteiger partial charge in [0.15, 0.2) is 6.29 Å². The molecule has 3 heterocycles. The third-order valence-corrected chi connectivity index (χ3v) is 5.46. The minimum atomic E-state index is -0.986.